The average Bonchev–Trinajstić information content (AvgIpc) is 2.66. The zero-order chi connectivity index (χ0) is 18.9. The number of amides is 2. The maximum Gasteiger partial charge on any atom is 0.273 e. The molecule has 2 rings (SSSR count). The summed E-state index contributed by atoms with van der Waals surface area (Å²) < 4.78 is 10.7. The quantitative estimate of drug-likeness (QED) is 0.747. The zero-order valence-corrected chi connectivity index (χ0v) is 15.2. The number of hydrazine groups is 1. The van der Waals surface area contributed by atoms with Crippen LogP contribution in [0.4, 0.5) is 0 Å². The van der Waals surface area contributed by atoms with Gasteiger partial charge in [-0.25, -0.2) is 0 Å². The average molecular weight is 356 g/mol. The van der Waals surface area contributed by atoms with Crippen LogP contribution in [-0.2, 0) is 0 Å². The smallest absolute Gasteiger partial charge is 0.273 e. The summed E-state index contributed by atoms with van der Waals surface area (Å²) in [5.74, 6) is 0.848. The molecule has 6 heteroatoms. The van der Waals surface area contributed by atoms with Crippen LogP contribution in [0.25, 0.3) is 0 Å². The summed E-state index contributed by atoms with van der Waals surface area (Å²) in [5.41, 5.74) is 5.53. The van der Waals surface area contributed by atoms with Crippen LogP contribution in [0.2, 0.25) is 0 Å². The lowest BCUT2D eigenvalue weighted by Gasteiger charge is -2.11. The van der Waals surface area contributed by atoms with Crippen LogP contribution < -0.4 is 20.3 Å². The molecular formula is C20H24N2O4. The van der Waals surface area contributed by atoms with Gasteiger partial charge in [0.05, 0.1) is 19.3 Å². The van der Waals surface area contributed by atoms with Gasteiger partial charge in [-0.05, 0) is 48.7 Å². The first-order valence-corrected chi connectivity index (χ1v) is 8.48. The Hall–Kier alpha value is -3.02. The maximum absolute atomic E-state index is 12.2. The Balaban J connectivity index is 1.88. The number of methoxy groups -OCH3 is 1. The fourth-order valence-electron chi connectivity index (χ4n) is 2.20. The highest BCUT2D eigenvalue weighted by Crippen LogP contribution is 2.17. The summed E-state index contributed by atoms with van der Waals surface area (Å²) in [4.78, 5) is 24.3. The molecule has 0 spiro atoms. The van der Waals surface area contributed by atoms with Gasteiger partial charge in [-0.3, -0.25) is 20.4 Å². The number of hydrogen-bond donors (Lipinski definition) is 2. The van der Waals surface area contributed by atoms with E-state index in [1.54, 1.807) is 48.5 Å². The highest BCUT2D eigenvalue weighted by molar-refractivity contribution is 6.00. The van der Waals surface area contributed by atoms with Gasteiger partial charge in [0, 0.05) is 5.56 Å². The van der Waals surface area contributed by atoms with Crippen molar-refractivity contribution >= 4 is 11.8 Å². The van der Waals surface area contributed by atoms with E-state index in [4.69, 9.17) is 9.47 Å². The summed E-state index contributed by atoms with van der Waals surface area (Å²) in [7, 11) is 1.48. The second-order valence-electron chi connectivity index (χ2n) is 6.16. The van der Waals surface area contributed by atoms with Crippen molar-refractivity contribution in [3.8, 4) is 11.5 Å². The third kappa shape index (κ3) is 5.51. The third-order valence-electron chi connectivity index (χ3n) is 3.72. The van der Waals surface area contributed by atoms with Crippen molar-refractivity contribution in [2.75, 3.05) is 13.7 Å². The standard InChI is InChI=1S/C20H24N2O4/c1-14(2)12-13-26-16-10-8-15(9-11-16)19(23)21-22-20(24)17-6-4-5-7-18(17)25-3/h4-11,14H,12-13H2,1-3H3,(H,21,23)(H,22,24). The molecule has 0 aliphatic heterocycles. The number of carbonyl (C=O) groups excluding carboxylic acids is 2. The molecule has 2 aromatic rings. The molecule has 2 aromatic carbocycles. The van der Waals surface area contributed by atoms with E-state index in [1.165, 1.54) is 7.11 Å². The zero-order valence-electron chi connectivity index (χ0n) is 15.2. The molecule has 26 heavy (non-hydrogen) atoms. The van der Waals surface area contributed by atoms with E-state index in [1.807, 2.05) is 0 Å². The molecule has 0 saturated heterocycles. The first-order chi connectivity index (χ1) is 12.5. The van der Waals surface area contributed by atoms with E-state index >= 15 is 0 Å². The second kappa shape index (κ2) is 9.46. The molecule has 0 unspecified atom stereocenters. The minimum atomic E-state index is -0.454. The molecule has 0 aliphatic carbocycles. The van der Waals surface area contributed by atoms with E-state index in [2.05, 4.69) is 24.7 Å². The summed E-state index contributed by atoms with van der Waals surface area (Å²) in [6.45, 7) is 4.91. The number of hydrogen-bond acceptors (Lipinski definition) is 4. The van der Waals surface area contributed by atoms with Crippen molar-refractivity contribution in [1.29, 1.82) is 0 Å². The summed E-state index contributed by atoms with van der Waals surface area (Å²) in [6.07, 6.45) is 0.969. The van der Waals surface area contributed by atoms with Gasteiger partial charge in [-0.2, -0.15) is 0 Å². The number of rotatable bonds is 7. The van der Waals surface area contributed by atoms with Gasteiger partial charge < -0.3 is 9.47 Å². The molecule has 0 atom stereocenters. The highest BCUT2D eigenvalue weighted by Gasteiger charge is 2.13. The normalized spacial score (nSPS) is 10.3. The Kier molecular flexibility index (Phi) is 7.02. The maximum atomic E-state index is 12.2. The SMILES string of the molecule is COc1ccccc1C(=O)NNC(=O)c1ccc(OCCC(C)C)cc1. The van der Waals surface area contributed by atoms with Crippen LogP contribution in [-0.4, -0.2) is 25.5 Å². The number of carbonyl (C=O) groups is 2. The molecule has 138 valence electrons. The molecule has 0 bridgehead atoms. The number of nitrogens with one attached hydrogen (secondary N) is 2. The van der Waals surface area contributed by atoms with Gasteiger partial charge >= 0.3 is 0 Å². The Morgan fingerprint density at radius 2 is 1.62 bits per heavy atom. The molecule has 2 N–H and O–H groups in total. The molecule has 0 fully saturated rings. The molecule has 0 aromatic heterocycles. The van der Waals surface area contributed by atoms with E-state index < -0.39 is 11.8 Å². The van der Waals surface area contributed by atoms with Crippen molar-refractivity contribution in [2.24, 2.45) is 5.92 Å². The van der Waals surface area contributed by atoms with Crippen LogP contribution in [0, 0.1) is 5.92 Å². The Morgan fingerprint density at radius 1 is 0.962 bits per heavy atom. The predicted octanol–water partition coefficient (Wildman–Crippen LogP) is 3.19. The van der Waals surface area contributed by atoms with Crippen molar-refractivity contribution in [3.05, 3.63) is 59.7 Å². The Morgan fingerprint density at radius 3 is 2.27 bits per heavy atom. The second-order valence-corrected chi connectivity index (χ2v) is 6.16. The van der Waals surface area contributed by atoms with Gasteiger partial charge in [0.25, 0.3) is 11.8 Å². The Bertz CT molecular complexity index is 742. The summed E-state index contributed by atoms with van der Waals surface area (Å²) in [6, 6.07) is 13.5. The number of ether oxygens (including phenoxy) is 2. The fourth-order valence-corrected chi connectivity index (χ4v) is 2.20. The van der Waals surface area contributed by atoms with E-state index in [-0.39, 0.29) is 0 Å². The fraction of sp³-hybridized carbons (Fsp3) is 0.300. The number of benzene rings is 2. The minimum Gasteiger partial charge on any atom is -0.496 e. The first kappa shape index (κ1) is 19.3. The van der Waals surface area contributed by atoms with E-state index in [0.717, 1.165) is 6.42 Å². The molecule has 0 heterocycles. The van der Waals surface area contributed by atoms with Gasteiger partial charge in [-0.1, -0.05) is 26.0 Å². The summed E-state index contributed by atoms with van der Waals surface area (Å²) in [5, 5.41) is 0. The molecule has 2 amide bonds. The van der Waals surface area contributed by atoms with Crippen LogP contribution in [0.3, 0.4) is 0 Å². The molecule has 0 radical (unpaired) electrons. The van der Waals surface area contributed by atoms with Gasteiger partial charge in [0.2, 0.25) is 0 Å². The van der Waals surface area contributed by atoms with Crippen LogP contribution >= 0.6 is 0 Å². The van der Waals surface area contributed by atoms with E-state index in [9.17, 15) is 9.59 Å². The van der Waals surface area contributed by atoms with Crippen molar-refractivity contribution in [2.45, 2.75) is 20.3 Å². The first-order valence-electron chi connectivity index (χ1n) is 8.48. The lowest BCUT2D eigenvalue weighted by Crippen LogP contribution is -2.41. The summed E-state index contributed by atoms with van der Waals surface area (Å²) >= 11 is 0. The topological polar surface area (TPSA) is 76.7 Å². The van der Waals surface area contributed by atoms with Crippen LogP contribution in [0.5, 0.6) is 11.5 Å². The van der Waals surface area contributed by atoms with Gasteiger partial charge in [0.15, 0.2) is 0 Å². The predicted molar refractivity (Wildman–Crippen MR) is 99.3 cm³/mol. The number of para-hydroxylation sites is 1. The Labute approximate surface area is 153 Å². The largest absolute Gasteiger partial charge is 0.496 e. The van der Waals surface area contributed by atoms with Crippen LogP contribution in [0.1, 0.15) is 41.0 Å². The lowest BCUT2D eigenvalue weighted by atomic mass is 10.1. The highest BCUT2D eigenvalue weighted by atomic mass is 16.5. The van der Waals surface area contributed by atoms with Gasteiger partial charge in [-0.15, -0.1) is 0 Å². The van der Waals surface area contributed by atoms with Crippen molar-refractivity contribution in [1.82, 2.24) is 10.9 Å². The van der Waals surface area contributed by atoms with Gasteiger partial charge in [0.1, 0.15) is 11.5 Å². The van der Waals surface area contributed by atoms with Crippen molar-refractivity contribution < 1.29 is 19.1 Å². The van der Waals surface area contributed by atoms with Crippen LogP contribution in [0.15, 0.2) is 48.5 Å². The van der Waals surface area contributed by atoms with E-state index in [0.29, 0.717) is 35.2 Å². The minimum absolute atomic E-state index is 0.337. The molecule has 0 aliphatic rings. The molecule has 6 nitrogen and oxygen atoms in total. The van der Waals surface area contributed by atoms with Crippen molar-refractivity contribution in [3.63, 3.8) is 0 Å². The molecular weight excluding hydrogens is 332 g/mol. The lowest BCUT2D eigenvalue weighted by molar-refractivity contribution is 0.0845. The molecule has 0 saturated carbocycles. The third-order valence-corrected chi connectivity index (χ3v) is 3.72. The monoisotopic (exact) mass is 356 g/mol.